The fourth-order valence-corrected chi connectivity index (χ4v) is 3.17. The van der Waals surface area contributed by atoms with Crippen LogP contribution in [-0.2, 0) is 6.54 Å². The average molecular weight is 391 g/mol. The Morgan fingerprint density at radius 1 is 0.966 bits per heavy atom. The van der Waals surface area contributed by atoms with Gasteiger partial charge in [0.25, 0.3) is 11.8 Å². The Morgan fingerprint density at radius 3 is 2.34 bits per heavy atom. The molecule has 0 fully saturated rings. The van der Waals surface area contributed by atoms with Gasteiger partial charge in [-0.1, -0.05) is 35.9 Å². The van der Waals surface area contributed by atoms with Gasteiger partial charge in [0.2, 0.25) is 0 Å². The number of hydrogen-bond donors (Lipinski definition) is 2. The molecule has 0 saturated heterocycles. The lowest BCUT2D eigenvalue weighted by Crippen LogP contribution is -2.24. The van der Waals surface area contributed by atoms with Gasteiger partial charge in [0.1, 0.15) is 11.5 Å². The maximum absolute atomic E-state index is 13.7. The van der Waals surface area contributed by atoms with E-state index in [1.807, 2.05) is 32.9 Å². The van der Waals surface area contributed by atoms with Crippen LogP contribution in [0.1, 0.15) is 43.1 Å². The lowest BCUT2D eigenvalue weighted by atomic mass is 10.0. The van der Waals surface area contributed by atoms with Crippen molar-refractivity contribution in [3.05, 3.63) is 94.1 Å². The van der Waals surface area contributed by atoms with E-state index in [0.717, 1.165) is 22.4 Å². The Kier molecular flexibility index (Phi) is 6.02. The van der Waals surface area contributed by atoms with Crippen molar-refractivity contribution in [3.63, 3.8) is 0 Å². The molecule has 0 radical (unpaired) electrons. The van der Waals surface area contributed by atoms with E-state index in [-0.39, 0.29) is 23.6 Å². The minimum atomic E-state index is -0.410. The summed E-state index contributed by atoms with van der Waals surface area (Å²) in [5.74, 6) is -1.19. The molecule has 0 atom stereocenters. The summed E-state index contributed by atoms with van der Waals surface area (Å²) in [5, 5.41) is 5.53. The van der Waals surface area contributed by atoms with E-state index in [0.29, 0.717) is 5.56 Å². The van der Waals surface area contributed by atoms with Gasteiger partial charge in [0.15, 0.2) is 0 Å². The van der Waals surface area contributed by atoms with Crippen LogP contribution in [0.15, 0.2) is 54.7 Å². The monoisotopic (exact) mass is 391 g/mol. The number of amides is 2. The number of nitrogens with one attached hydrogen (secondary N) is 2. The molecule has 2 amide bonds. The third-order valence-electron chi connectivity index (χ3n) is 4.57. The van der Waals surface area contributed by atoms with E-state index in [1.165, 1.54) is 24.4 Å². The van der Waals surface area contributed by atoms with Crippen LogP contribution in [0.25, 0.3) is 0 Å². The van der Waals surface area contributed by atoms with Crippen molar-refractivity contribution in [2.75, 3.05) is 5.32 Å². The highest BCUT2D eigenvalue weighted by Crippen LogP contribution is 2.22. The first-order valence-electron chi connectivity index (χ1n) is 9.22. The van der Waals surface area contributed by atoms with Crippen molar-refractivity contribution >= 4 is 17.5 Å². The highest BCUT2D eigenvalue weighted by atomic mass is 19.1. The number of aryl methyl sites for hydroxylation is 3. The third kappa shape index (κ3) is 4.85. The molecule has 0 saturated carbocycles. The molecule has 0 unspecified atom stereocenters. The molecule has 6 heteroatoms. The molecule has 2 N–H and O–H groups in total. The van der Waals surface area contributed by atoms with Crippen molar-refractivity contribution in [1.82, 2.24) is 10.3 Å². The molecule has 0 spiro atoms. The molecule has 148 valence electrons. The van der Waals surface area contributed by atoms with Gasteiger partial charge in [-0.2, -0.15) is 0 Å². The molecule has 5 nitrogen and oxygen atoms in total. The maximum Gasteiger partial charge on any atom is 0.274 e. The van der Waals surface area contributed by atoms with E-state index < -0.39 is 11.8 Å². The highest BCUT2D eigenvalue weighted by Gasteiger charge is 2.14. The first-order chi connectivity index (χ1) is 13.8. The predicted octanol–water partition coefficient (Wildman–Crippen LogP) is 4.33. The Balaban J connectivity index is 1.72. The molecule has 0 aliphatic rings. The van der Waals surface area contributed by atoms with E-state index in [4.69, 9.17) is 0 Å². The standard InChI is InChI=1S/C23H22FN3O2/c1-14-10-15(2)21(16(3)11-14)27-23(29)20-12-17(8-9-25-20)22(28)26-13-18-6-4-5-7-19(18)24/h4-12H,13H2,1-3H3,(H,26,28)(H,27,29). The number of anilines is 1. The maximum atomic E-state index is 13.7. The summed E-state index contributed by atoms with van der Waals surface area (Å²) in [4.78, 5) is 29.1. The Hall–Kier alpha value is -3.54. The van der Waals surface area contributed by atoms with Gasteiger partial charge in [0, 0.05) is 29.6 Å². The summed E-state index contributed by atoms with van der Waals surface area (Å²) in [5.41, 5.74) is 4.55. The lowest BCUT2D eigenvalue weighted by Gasteiger charge is -2.13. The van der Waals surface area contributed by atoms with Crippen LogP contribution >= 0.6 is 0 Å². The molecule has 2 aromatic carbocycles. The molecule has 0 aliphatic heterocycles. The highest BCUT2D eigenvalue weighted by molar-refractivity contribution is 6.05. The molecule has 1 aromatic heterocycles. The van der Waals surface area contributed by atoms with Crippen LogP contribution < -0.4 is 10.6 Å². The van der Waals surface area contributed by atoms with Crippen molar-refractivity contribution in [2.45, 2.75) is 27.3 Å². The normalized spacial score (nSPS) is 10.5. The van der Waals surface area contributed by atoms with Crippen LogP contribution in [0.3, 0.4) is 0 Å². The summed E-state index contributed by atoms with van der Waals surface area (Å²) in [6.45, 7) is 5.90. The van der Waals surface area contributed by atoms with Crippen molar-refractivity contribution in [3.8, 4) is 0 Å². The summed E-state index contributed by atoms with van der Waals surface area (Å²) in [6, 6.07) is 13.1. The van der Waals surface area contributed by atoms with E-state index >= 15 is 0 Å². The van der Waals surface area contributed by atoms with Crippen LogP contribution in [-0.4, -0.2) is 16.8 Å². The molecule has 1 heterocycles. The fraction of sp³-hybridized carbons (Fsp3) is 0.174. The minimum Gasteiger partial charge on any atom is -0.348 e. The Bertz CT molecular complexity index is 1060. The number of nitrogens with zero attached hydrogens (tertiary/aromatic N) is 1. The zero-order chi connectivity index (χ0) is 21.0. The quantitative estimate of drug-likeness (QED) is 0.680. The molecule has 0 bridgehead atoms. The van der Waals surface area contributed by atoms with Crippen molar-refractivity contribution in [1.29, 1.82) is 0 Å². The molecular formula is C23H22FN3O2. The third-order valence-corrected chi connectivity index (χ3v) is 4.57. The Morgan fingerprint density at radius 2 is 1.66 bits per heavy atom. The number of carbonyl (C=O) groups is 2. The summed E-state index contributed by atoms with van der Waals surface area (Å²) in [6.07, 6.45) is 1.40. The SMILES string of the molecule is Cc1cc(C)c(NC(=O)c2cc(C(=O)NCc3ccccc3F)ccn2)c(C)c1. The fourth-order valence-electron chi connectivity index (χ4n) is 3.17. The summed E-state index contributed by atoms with van der Waals surface area (Å²) >= 11 is 0. The van der Waals surface area contributed by atoms with Gasteiger partial charge in [-0.15, -0.1) is 0 Å². The molecular weight excluding hydrogens is 369 g/mol. The van der Waals surface area contributed by atoms with Crippen molar-refractivity contribution in [2.24, 2.45) is 0 Å². The summed E-state index contributed by atoms with van der Waals surface area (Å²) in [7, 11) is 0. The Labute approximate surface area is 169 Å². The number of carbonyl (C=O) groups excluding carboxylic acids is 2. The number of aromatic nitrogens is 1. The van der Waals surface area contributed by atoms with Gasteiger partial charge < -0.3 is 10.6 Å². The number of pyridine rings is 1. The zero-order valence-corrected chi connectivity index (χ0v) is 16.5. The second-order valence-electron chi connectivity index (χ2n) is 6.93. The second kappa shape index (κ2) is 8.65. The number of hydrogen-bond acceptors (Lipinski definition) is 3. The van der Waals surface area contributed by atoms with Gasteiger partial charge in [-0.3, -0.25) is 14.6 Å². The molecule has 3 rings (SSSR count). The van der Waals surface area contributed by atoms with Crippen LogP contribution in [0.2, 0.25) is 0 Å². The van der Waals surface area contributed by atoms with E-state index in [9.17, 15) is 14.0 Å². The largest absolute Gasteiger partial charge is 0.348 e. The zero-order valence-electron chi connectivity index (χ0n) is 16.5. The van der Waals surface area contributed by atoms with Gasteiger partial charge in [0.05, 0.1) is 0 Å². The first kappa shape index (κ1) is 20.2. The summed E-state index contributed by atoms with van der Waals surface area (Å²) < 4.78 is 13.7. The van der Waals surface area contributed by atoms with E-state index in [1.54, 1.807) is 18.2 Å². The van der Waals surface area contributed by atoms with Crippen LogP contribution in [0.4, 0.5) is 10.1 Å². The smallest absolute Gasteiger partial charge is 0.274 e. The predicted molar refractivity (Wildman–Crippen MR) is 110 cm³/mol. The number of halogens is 1. The minimum absolute atomic E-state index is 0.0527. The van der Waals surface area contributed by atoms with Crippen LogP contribution in [0, 0.1) is 26.6 Å². The second-order valence-corrected chi connectivity index (χ2v) is 6.93. The van der Waals surface area contributed by atoms with Crippen molar-refractivity contribution < 1.29 is 14.0 Å². The number of rotatable bonds is 5. The molecule has 3 aromatic rings. The van der Waals surface area contributed by atoms with Gasteiger partial charge in [-0.05, 0) is 50.1 Å². The first-order valence-corrected chi connectivity index (χ1v) is 9.22. The van der Waals surface area contributed by atoms with E-state index in [2.05, 4.69) is 15.6 Å². The number of benzene rings is 2. The lowest BCUT2D eigenvalue weighted by molar-refractivity contribution is 0.0950. The van der Waals surface area contributed by atoms with Gasteiger partial charge in [-0.25, -0.2) is 4.39 Å². The molecule has 0 aliphatic carbocycles. The van der Waals surface area contributed by atoms with Gasteiger partial charge >= 0.3 is 0 Å². The average Bonchev–Trinajstić information content (AvgIpc) is 2.69. The molecule has 29 heavy (non-hydrogen) atoms. The topological polar surface area (TPSA) is 71.1 Å². The van der Waals surface area contributed by atoms with Crippen LogP contribution in [0.5, 0.6) is 0 Å².